The van der Waals surface area contributed by atoms with Crippen LogP contribution in [-0.4, -0.2) is 34.3 Å². The molecule has 5 heteroatoms. The van der Waals surface area contributed by atoms with Crippen LogP contribution in [-0.2, 0) is 14.3 Å². The number of para-hydroxylation sites is 2. The Morgan fingerprint density at radius 2 is 2.22 bits per heavy atom. The van der Waals surface area contributed by atoms with Gasteiger partial charge in [0.25, 0.3) is 0 Å². The molecule has 1 aromatic heterocycles. The second-order valence-electron chi connectivity index (χ2n) is 4.72. The highest BCUT2D eigenvalue weighted by Crippen LogP contribution is 2.34. The Bertz CT molecular complexity index is 621. The summed E-state index contributed by atoms with van der Waals surface area (Å²) in [6, 6.07) is 7.89. The molecule has 1 aromatic carbocycles. The summed E-state index contributed by atoms with van der Waals surface area (Å²) in [6.07, 6.45) is 1.55. The van der Waals surface area contributed by atoms with Gasteiger partial charge >= 0.3 is 0 Å². The van der Waals surface area contributed by atoms with Gasteiger partial charge in [0.05, 0.1) is 30.0 Å². The van der Waals surface area contributed by atoms with Gasteiger partial charge in [-0.3, -0.25) is 4.79 Å². The summed E-state index contributed by atoms with van der Waals surface area (Å²) in [4.78, 5) is 16.2. The third-order valence-electron chi connectivity index (χ3n) is 3.65. The van der Waals surface area contributed by atoms with Crippen LogP contribution in [0.3, 0.4) is 0 Å². The molecule has 18 heavy (non-hydrogen) atoms. The highest BCUT2D eigenvalue weighted by Gasteiger charge is 2.44. The number of Topliss-reactive ketones (excluding diaryl/α,β-unsaturated/α-hetero) is 1. The lowest BCUT2D eigenvalue weighted by Crippen LogP contribution is -2.36. The zero-order chi connectivity index (χ0) is 12.1. The van der Waals surface area contributed by atoms with Crippen molar-refractivity contribution in [2.45, 2.75) is 24.9 Å². The van der Waals surface area contributed by atoms with Crippen LogP contribution in [0.2, 0.25) is 0 Å². The van der Waals surface area contributed by atoms with Gasteiger partial charge in [0.2, 0.25) is 6.29 Å². The molecule has 5 nitrogen and oxygen atoms in total. The molecular formula is C13H12N2O3. The first-order valence-corrected chi connectivity index (χ1v) is 6.04. The number of benzene rings is 1. The number of aromatic nitrogens is 2. The molecule has 0 aliphatic carbocycles. The van der Waals surface area contributed by atoms with Gasteiger partial charge in [-0.25, -0.2) is 4.98 Å². The smallest absolute Gasteiger partial charge is 0.218 e. The summed E-state index contributed by atoms with van der Waals surface area (Å²) in [5.41, 5.74) is 1.97. The van der Waals surface area contributed by atoms with Crippen LogP contribution in [0.15, 0.2) is 30.6 Å². The predicted molar refractivity (Wildman–Crippen MR) is 63.0 cm³/mol. The summed E-state index contributed by atoms with van der Waals surface area (Å²) >= 11 is 0. The van der Waals surface area contributed by atoms with Crippen molar-refractivity contribution in [1.82, 2.24) is 9.55 Å². The Hall–Kier alpha value is -1.72. The molecule has 2 bridgehead atoms. The summed E-state index contributed by atoms with van der Waals surface area (Å²) in [5.74, 6) is 0.0199. The van der Waals surface area contributed by atoms with Gasteiger partial charge < -0.3 is 14.0 Å². The Balaban J connectivity index is 1.80. The number of carbonyl (C=O) groups is 1. The first-order valence-electron chi connectivity index (χ1n) is 6.04. The Morgan fingerprint density at radius 3 is 3.17 bits per heavy atom. The second kappa shape index (κ2) is 3.63. The number of fused-ring (bicyclic) bond motifs is 3. The first kappa shape index (κ1) is 10.2. The predicted octanol–water partition coefficient (Wildman–Crippen LogP) is 1.29. The Labute approximate surface area is 103 Å². The third-order valence-corrected chi connectivity index (χ3v) is 3.65. The Morgan fingerprint density at radius 1 is 1.33 bits per heavy atom. The molecule has 0 saturated carbocycles. The minimum Gasteiger partial charge on any atom is -0.343 e. The molecule has 2 aliphatic rings. The topological polar surface area (TPSA) is 53.4 Å². The van der Waals surface area contributed by atoms with Crippen LogP contribution in [0.5, 0.6) is 0 Å². The molecule has 4 rings (SSSR count). The summed E-state index contributed by atoms with van der Waals surface area (Å²) in [6.45, 7) is 0.480. The van der Waals surface area contributed by atoms with Crippen LogP contribution in [0.4, 0.5) is 0 Å². The quantitative estimate of drug-likeness (QED) is 0.758. The minimum absolute atomic E-state index is 0.0105. The third kappa shape index (κ3) is 1.34. The molecule has 0 amide bonds. The Kier molecular flexibility index (Phi) is 2.06. The summed E-state index contributed by atoms with van der Waals surface area (Å²) in [7, 11) is 0. The molecule has 3 atom stereocenters. The number of ether oxygens (including phenoxy) is 2. The van der Waals surface area contributed by atoms with Crippen molar-refractivity contribution in [2.75, 3.05) is 6.61 Å². The van der Waals surface area contributed by atoms with E-state index in [1.807, 2.05) is 28.8 Å². The average Bonchev–Trinajstić information content (AvgIpc) is 3.00. The molecule has 0 spiro atoms. The van der Waals surface area contributed by atoms with Gasteiger partial charge in [-0.15, -0.1) is 0 Å². The monoisotopic (exact) mass is 244 g/mol. The van der Waals surface area contributed by atoms with Crippen LogP contribution in [0.1, 0.15) is 12.5 Å². The van der Waals surface area contributed by atoms with E-state index in [0.29, 0.717) is 13.0 Å². The molecule has 1 unspecified atom stereocenters. The number of hydrogen-bond donors (Lipinski definition) is 0. The highest BCUT2D eigenvalue weighted by atomic mass is 16.7. The number of imidazole rings is 1. The number of ketones is 1. The van der Waals surface area contributed by atoms with Gasteiger partial charge in [0.1, 0.15) is 6.10 Å². The average molecular weight is 244 g/mol. The SMILES string of the molecule is O=C1C[C@@H](n2cnc3ccccc32)C2CO[C@@H]1O2. The number of rotatable bonds is 1. The van der Waals surface area contributed by atoms with E-state index in [4.69, 9.17) is 9.47 Å². The molecule has 0 N–H and O–H groups in total. The van der Waals surface area contributed by atoms with E-state index in [0.717, 1.165) is 11.0 Å². The maximum Gasteiger partial charge on any atom is 0.218 e. The van der Waals surface area contributed by atoms with Gasteiger partial charge in [-0.1, -0.05) is 12.1 Å². The molecular weight excluding hydrogens is 232 g/mol. The van der Waals surface area contributed by atoms with Crippen molar-refractivity contribution in [2.24, 2.45) is 0 Å². The van der Waals surface area contributed by atoms with Crippen molar-refractivity contribution in [1.29, 1.82) is 0 Å². The summed E-state index contributed by atoms with van der Waals surface area (Å²) in [5, 5.41) is 0. The lowest BCUT2D eigenvalue weighted by molar-refractivity contribution is -0.156. The van der Waals surface area contributed by atoms with Crippen molar-refractivity contribution in [3.8, 4) is 0 Å². The van der Waals surface area contributed by atoms with E-state index in [2.05, 4.69) is 4.98 Å². The molecule has 3 heterocycles. The number of nitrogens with zero attached hydrogens (tertiary/aromatic N) is 2. The fourth-order valence-electron chi connectivity index (χ4n) is 2.74. The van der Waals surface area contributed by atoms with Crippen LogP contribution >= 0.6 is 0 Å². The van der Waals surface area contributed by atoms with Crippen LogP contribution in [0, 0.1) is 0 Å². The standard InChI is InChI=1S/C13H12N2O3/c16-11-5-10(12-6-17-13(11)18-12)15-7-14-8-3-1-2-4-9(8)15/h1-4,7,10,12-13H,5-6H2/t10-,12?,13-/m1/s1. The van der Waals surface area contributed by atoms with E-state index >= 15 is 0 Å². The van der Waals surface area contributed by atoms with Crippen molar-refractivity contribution >= 4 is 16.8 Å². The maximum atomic E-state index is 11.8. The highest BCUT2D eigenvalue weighted by molar-refractivity contribution is 5.84. The van der Waals surface area contributed by atoms with E-state index < -0.39 is 6.29 Å². The number of carbonyl (C=O) groups excluding carboxylic acids is 1. The fourth-order valence-corrected chi connectivity index (χ4v) is 2.74. The van der Waals surface area contributed by atoms with E-state index in [1.165, 1.54) is 0 Å². The van der Waals surface area contributed by atoms with Crippen molar-refractivity contribution in [3.63, 3.8) is 0 Å². The lowest BCUT2D eigenvalue weighted by atomic mass is 10.0. The molecule has 2 fully saturated rings. The minimum atomic E-state index is -0.638. The zero-order valence-corrected chi connectivity index (χ0v) is 9.65. The number of hydrogen-bond acceptors (Lipinski definition) is 4. The van der Waals surface area contributed by atoms with Crippen LogP contribution < -0.4 is 0 Å². The second-order valence-corrected chi connectivity index (χ2v) is 4.72. The van der Waals surface area contributed by atoms with E-state index in [1.54, 1.807) is 6.33 Å². The largest absolute Gasteiger partial charge is 0.343 e. The molecule has 0 radical (unpaired) electrons. The first-order chi connectivity index (χ1) is 8.83. The van der Waals surface area contributed by atoms with Crippen molar-refractivity contribution in [3.05, 3.63) is 30.6 Å². The van der Waals surface area contributed by atoms with E-state index in [-0.39, 0.29) is 17.9 Å². The molecule has 2 saturated heterocycles. The van der Waals surface area contributed by atoms with Gasteiger partial charge in [-0.2, -0.15) is 0 Å². The maximum absolute atomic E-state index is 11.8. The summed E-state index contributed by atoms with van der Waals surface area (Å²) < 4.78 is 12.9. The van der Waals surface area contributed by atoms with Crippen molar-refractivity contribution < 1.29 is 14.3 Å². The normalized spacial score (nSPS) is 31.1. The van der Waals surface area contributed by atoms with Gasteiger partial charge in [0.15, 0.2) is 5.78 Å². The lowest BCUT2D eigenvalue weighted by Gasteiger charge is -2.27. The van der Waals surface area contributed by atoms with E-state index in [9.17, 15) is 4.79 Å². The molecule has 92 valence electrons. The fraction of sp³-hybridized carbons (Fsp3) is 0.385. The van der Waals surface area contributed by atoms with Crippen LogP contribution in [0.25, 0.3) is 11.0 Å². The molecule has 2 aliphatic heterocycles. The van der Waals surface area contributed by atoms with Gasteiger partial charge in [-0.05, 0) is 12.1 Å². The molecule has 2 aromatic rings. The van der Waals surface area contributed by atoms with Gasteiger partial charge in [0, 0.05) is 6.42 Å². The zero-order valence-electron chi connectivity index (χ0n) is 9.65.